The van der Waals surface area contributed by atoms with Crippen molar-refractivity contribution in [3.63, 3.8) is 0 Å². The van der Waals surface area contributed by atoms with Crippen molar-refractivity contribution in [1.29, 1.82) is 0 Å². The minimum atomic E-state index is -0.177. The van der Waals surface area contributed by atoms with Gasteiger partial charge in [-0.05, 0) is 37.0 Å². The van der Waals surface area contributed by atoms with E-state index in [4.69, 9.17) is 0 Å². The highest BCUT2D eigenvalue weighted by Gasteiger charge is 2.23. The molecule has 1 atom stereocenters. The summed E-state index contributed by atoms with van der Waals surface area (Å²) in [6.45, 7) is 5.83. The molecule has 6 nitrogen and oxygen atoms in total. The third-order valence-corrected chi connectivity index (χ3v) is 4.78. The zero-order valence-corrected chi connectivity index (χ0v) is 19.1. The maximum Gasteiger partial charge on any atom is 0.191 e. The number of aliphatic imine (C=N–C) groups is 1. The molecule has 1 unspecified atom stereocenters. The van der Waals surface area contributed by atoms with E-state index in [0.717, 1.165) is 61.9 Å². The lowest BCUT2D eigenvalue weighted by molar-refractivity contribution is 0.391. The highest BCUT2D eigenvalue weighted by atomic mass is 127. The van der Waals surface area contributed by atoms with E-state index in [2.05, 4.69) is 39.6 Å². The summed E-state index contributed by atoms with van der Waals surface area (Å²) in [6, 6.07) is 7.07. The molecule has 1 aromatic carbocycles. The molecule has 2 aromatic rings. The minimum absolute atomic E-state index is 0. The van der Waals surface area contributed by atoms with E-state index in [9.17, 15) is 4.39 Å². The first kappa shape index (κ1) is 22.6. The molecule has 1 aromatic heterocycles. The van der Waals surface area contributed by atoms with Gasteiger partial charge in [0.1, 0.15) is 11.6 Å². The van der Waals surface area contributed by atoms with Crippen molar-refractivity contribution in [3.05, 3.63) is 47.3 Å². The number of fused-ring (bicyclic) bond motifs is 1. The number of guanidine groups is 1. The number of benzene rings is 1. The van der Waals surface area contributed by atoms with Crippen molar-refractivity contribution >= 4 is 29.9 Å². The van der Waals surface area contributed by atoms with Crippen molar-refractivity contribution in [2.45, 2.75) is 58.0 Å². The number of nitrogens with one attached hydrogen (secondary N) is 2. The first-order valence-electron chi connectivity index (χ1n) is 9.70. The van der Waals surface area contributed by atoms with Gasteiger partial charge in [0, 0.05) is 32.0 Å². The van der Waals surface area contributed by atoms with Gasteiger partial charge >= 0.3 is 0 Å². The van der Waals surface area contributed by atoms with Gasteiger partial charge in [-0.25, -0.2) is 14.1 Å². The summed E-state index contributed by atoms with van der Waals surface area (Å²) in [6.07, 6.45) is 3.69. The molecule has 1 aliphatic rings. The van der Waals surface area contributed by atoms with E-state index < -0.39 is 0 Å². The topological polar surface area (TPSA) is 67.1 Å². The van der Waals surface area contributed by atoms with Gasteiger partial charge < -0.3 is 10.6 Å². The Morgan fingerprint density at radius 3 is 2.93 bits per heavy atom. The molecule has 2 heterocycles. The predicted molar refractivity (Wildman–Crippen MR) is 121 cm³/mol. The smallest absolute Gasteiger partial charge is 0.191 e. The lowest BCUT2D eigenvalue weighted by Gasteiger charge is -2.25. The van der Waals surface area contributed by atoms with Crippen LogP contribution < -0.4 is 10.6 Å². The fraction of sp³-hybridized carbons (Fsp3) is 0.550. The molecule has 3 rings (SSSR count). The largest absolute Gasteiger partial charge is 0.356 e. The standard InChI is InChI=1S/C20H29FN6.HI/c1-14(2)19-25-18-10-9-17(13-27(18)26-19)24-20(22-3)23-11-5-7-15-6-4-8-16(21)12-15;/h4,6,8,12,14,17H,5,7,9-11,13H2,1-3H3,(H2,22,23,24);1H. The van der Waals surface area contributed by atoms with E-state index in [1.165, 1.54) is 6.07 Å². The van der Waals surface area contributed by atoms with Gasteiger partial charge in [-0.1, -0.05) is 26.0 Å². The first-order valence-corrected chi connectivity index (χ1v) is 9.70. The fourth-order valence-electron chi connectivity index (χ4n) is 3.27. The zero-order chi connectivity index (χ0) is 19.2. The third kappa shape index (κ3) is 6.15. The quantitative estimate of drug-likeness (QED) is 0.277. The van der Waals surface area contributed by atoms with Crippen molar-refractivity contribution in [1.82, 2.24) is 25.4 Å². The highest BCUT2D eigenvalue weighted by Crippen LogP contribution is 2.16. The molecule has 0 fully saturated rings. The molecule has 0 spiro atoms. The first-order chi connectivity index (χ1) is 13.0. The van der Waals surface area contributed by atoms with Crippen LogP contribution in [0.2, 0.25) is 0 Å². The molecular weight excluding hydrogens is 470 g/mol. The van der Waals surface area contributed by atoms with Gasteiger partial charge in [0.2, 0.25) is 0 Å². The summed E-state index contributed by atoms with van der Waals surface area (Å²) < 4.78 is 15.2. The lowest BCUT2D eigenvalue weighted by Crippen LogP contribution is -2.47. The van der Waals surface area contributed by atoms with Crippen LogP contribution in [0.3, 0.4) is 0 Å². The molecule has 1 aliphatic heterocycles. The Hall–Kier alpha value is -1.71. The maximum atomic E-state index is 13.2. The molecule has 28 heavy (non-hydrogen) atoms. The van der Waals surface area contributed by atoms with Crippen LogP contribution in [0.5, 0.6) is 0 Å². The number of halogens is 2. The summed E-state index contributed by atoms with van der Waals surface area (Å²) in [5, 5.41) is 11.5. The monoisotopic (exact) mass is 500 g/mol. The minimum Gasteiger partial charge on any atom is -0.356 e. The number of rotatable bonds is 6. The average molecular weight is 500 g/mol. The van der Waals surface area contributed by atoms with E-state index >= 15 is 0 Å². The van der Waals surface area contributed by atoms with E-state index in [-0.39, 0.29) is 35.8 Å². The van der Waals surface area contributed by atoms with Crippen LogP contribution in [0.1, 0.15) is 49.8 Å². The summed E-state index contributed by atoms with van der Waals surface area (Å²) >= 11 is 0. The summed E-state index contributed by atoms with van der Waals surface area (Å²) in [5.41, 5.74) is 1.02. The molecule has 0 saturated heterocycles. The molecule has 8 heteroatoms. The second-order valence-electron chi connectivity index (χ2n) is 7.34. The average Bonchev–Trinajstić information content (AvgIpc) is 3.08. The SMILES string of the molecule is CN=C(NCCCc1cccc(F)c1)NC1CCc2nc(C(C)C)nn2C1.I. The highest BCUT2D eigenvalue weighted by molar-refractivity contribution is 14.0. The van der Waals surface area contributed by atoms with Crippen LogP contribution in [-0.4, -0.2) is 40.4 Å². The number of nitrogens with zero attached hydrogens (tertiary/aromatic N) is 4. The van der Waals surface area contributed by atoms with Gasteiger partial charge in [-0.2, -0.15) is 5.10 Å². The second-order valence-corrected chi connectivity index (χ2v) is 7.34. The van der Waals surface area contributed by atoms with Crippen molar-refractivity contribution < 1.29 is 4.39 Å². The van der Waals surface area contributed by atoms with Crippen LogP contribution in [0.15, 0.2) is 29.3 Å². The van der Waals surface area contributed by atoms with Crippen LogP contribution in [0.25, 0.3) is 0 Å². The number of hydrogen-bond donors (Lipinski definition) is 2. The van der Waals surface area contributed by atoms with Crippen LogP contribution in [0, 0.1) is 5.82 Å². The fourth-order valence-corrected chi connectivity index (χ4v) is 3.27. The van der Waals surface area contributed by atoms with E-state index in [0.29, 0.717) is 5.92 Å². The Morgan fingerprint density at radius 2 is 2.21 bits per heavy atom. The molecule has 0 amide bonds. The summed E-state index contributed by atoms with van der Waals surface area (Å²) in [4.78, 5) is 8.95. The zero-order valence-electron chi connectivity index (χ0n) is 16.8. The van der Waals surface area contributed by atoms with Gasteiger partial charge in [-0.15, -0.1) is 24.0 Å². The van der Waals surface area contributed by atoms with Crippen molar-refractivity contribution in [3.8, 4) is 0 Å². The number of aromatic nitrogens is 3. The molecule has 0 aliphatic carbocycles. The van der Waals surface area contributed by atoms with Crippen LogP contribution in [0.4, 0.5) is 4.39 Å². The second kappa shape index (κ2) is 10.7. The Labute approximate surface area is 183 Å². The third-order valence-electron chi connectivity index (χ3n) is 4.78. The van der Waals surface area contributed by atoms with Gasteiger partial charge in [0.15, 0.2) is 11.8 Å². The van der Waals surface area contributed by atoms with Crippen molar-refractivity contribution in [2.75, 3.05) is 13.6 Å². The Kier molecular flexibility index (Phi) is 8.65. The van der Waals surface area contributed by atoms with E-state index in [1.54, 1.807) is 19.2 Å². The van der Waals surface area contributed by atoms with Crippen LogP contribution in [-0.2, 0) is 19.4 Å². The normalized spacial score (nSPS) is 16.5. The molecule has 2 N–H and O–H groups in total. The van der Waals surface area contributed by atoms with Gasteiger partial charge in [0.25, 0.3) is 0 Å². The van der Waals surface area contributed by atoms with Crippen LogP contribution >= 0.6 is 24.0 Å². The van der Waals surface area contributed by atoms with E-state index in [1.807, 2.05) is 10.7 Å². The molecule has 0 saturated carbocycles. The number of hydrogen-bond acceptors (Lipinski definition) is 3. The maximum absolute atomic E-state index is 13.2. The number of aryl methyl sites for hydroxylation is 2. The van der Waals surface area contributed by atoms with Gasteiger partial charge in [-0.3, -0.25) is 4.99 Å². The summed E-state index contributed by atoms with van der Waals surface area (Å²) in [5.74, 6) is 2.97. The molecule has 0 radical (unpaired) electrons. The van der Waals surface area contributed by atoms with Gasteiger partial charge in [0.05, 0.1) is 6.54 Å². The molecule has 0 bridgehead atoms. The Bertz CT molecular complexity index is 789. The Balaban J connectivity index is 0.00000280. The molecule has 154 valence electrons. The summed E-state index contributed by atoms with van der Waals surface area (Å²) in [7, 11) is 1.78. The Morgan fingerprint density at radius 1 is 1.39 bits per heavy atom. The predicted octanol–water partition coefficient (Wildman–Crippen LogP) is 3.27. The lowest BCUT2D eigenvalue weighted by atomic mass is 10.1. The van der Waals surface area contributed by atoms with Crippen molar-refractivity contribution in [2.24, 2.45) is 4.99 Å². The molecular formula is C20H30FIN6.